The van der Waals surface area contributed by atoms with E-state index in [4.69, 9.17) is 17.1 Å². The minimum atomic E-state index is -1.54. The van der Waals surface area contributed by atoms with Gasteiger partial charge in [0, 0.05) is 5.02 Å². The second kappa shape index (κ2) is 3.85. The van der Waals surface area contributed by atoms with Crippen molar-refractivity contribution in [1.82, 2.24) is 0 Å². The fourth-order valence-corrected chi connectivity index (χ4v) is 0.950. The summed E-state index contributed by atoms with van der Waals surface area (Å²) in [4.78, 5) is 13.0. The number of nitrogens with zero attached hydrogens (tertiary/aromatic N) is 2. The van der Waals surface area contributed by atoms with Gasteiger partial charge in [-0.2, -0.15) is 4.79 Å². The average molecular weight is 196 g/mol. The molecule has 5 heteroatoms. The van der Waals surface area contributed by atoms with E-state index in [1.165, 1.54) is 24.3 Å². The van der Waals surface area contributed by atoms with E-state index < -0.39 is 11.7 Å². The Kier molecular flexibility index (Phi) is 2.80. The van der Waals surface area contributed by atoms with E-state index in [0.29, 0.717) is 5.02 Å². The summed E-state index contributed by atoms with van der Waals surface area (Å²) in [6.07, 6.45) is 0. The summed E-state index contributed by atoms with van der Waals surface area (Å²) in [6, 6.07) is 5.83. The van der Waals surface area contributed by atoms with Crippen LogP contribution < -0.4 is 5.11 Å². The van der Waals surface area contributed by atoms with Gasteiger partial charge in [0.15, 0.2) is 5.97 Å². The van der Waals surface area contributed by atoms with E-state index >= 15 is 0 Å². The maximum absolute atomic E-state index is 10.4. The number of carboxylic acids is 1. The molecule has 0 aliphatic heterocycles. The number of aliphatic carboxylic acids is 1. The number of rotatable bonds is 2. The van der Waals surface area contributed by atoms with Crippen molar-refractivity contribution < 1.29 is 14.7 Å². The highest BCUT2D eigenvalue weighted by Gasteiger charge is 2.12. The zero-order valence-corrected chi connectivity index (χ0v) is 7.15. The number of carboxylic acid groups (broad SMARTS) is 1. The molecule has 0 N–H and O–H groups in total. The quantitative estimate of drug-likeness (QED) is 0.382. The number of carbonyl (C=O) groups is 1. The number of carbonyl (C=O) groups excluding carboxylic acids is 1. The van der Waals surface area contributed by atoms with Crippen LogP contribution in [-0.4, -0.2) is 16.5 Å². The fourth-order valence-electron chi connectivity index (χ4n) is 0.824. The Morgan fingerprint density at radius 2 is 1.92 bits per heavy atom. The molecule has 4 nitrogen and oxygen atoms in total. The topological polar surface area (TPSA) is 76.5 Å². The Bertz CT molecular complexity index is 380. The van der Waals surface area contributed by atoms with Crippen molar-refractivity contribution >= 4 is 23.3 Å². The lowest BCUT2D eigenvalue weighted by molar-refractivity contribution is -0.297. The third-order valence-electron chi connectivity index (χ3n) is 1.41. The number of hydrogen-bond donors (Lipinski definition) is 0. The van der Waals surface area contributed by atoms with Crippen molar-refractivity contribution in [3.8, 4) is 0 Å². The second-order valence-corrected chi connectivity index (χ2v) is 2.68. The van der Waals surface area contributed by atoms with Gasteiger partial charge in [0.25, 0.3) is 0 Å². The first-order valence-corrected chi connectivity index (χ1v) is 3.72. The largest absolute Gasteiger partial charge is 0.539 e. The van der Waals surface area contributed by atoms with Crippen LogP contribution in [0.3, 0.4) is 0 Å². The zero-order chi connectivity index (χ0) is 9.84. The summed E-state index contributed by atoms with van der Waals surface area (Å²) in [5.74, 6) is -1.54. The third kappa shape index (κ3) is 2.15. The molecule has 0 bridgehead atoms. The highest BCUT2D eigenvalue weighted by molar-refractivity contribution is 6.39. The number of benzene rings is 1. The van der Waals surface area contributed by atoms with Gasteiger partial charge in [0.1, 0.15) is 0 Å². The summed E-state index contributed by atoms with van der Waals surface area (Å²) in [5.41, 5.74) is 8.08. The molecule has 0 heterocycles. The molecule has 0 saturated heterocycles. The average Bonchev–Trinajstić information content (AvgIpc) is 2.09. The van der Waals surface area contributed by atoms with Gasteiger partial charge < -0.3 is 15.4 Å². The number of hydrogen-bond acceptors (Lipinski definition) is 2. The lowest BCUT2D eigenvalue weighted by Gasteiger charge is -1.96. The Balaban J connectivity index is 3.15. The van der Waals surface area contributed by atoms with E-state index in [-0.39, 0.29) is 5.56 Å². The fraction of sp³-hybridized carbons (Fsp3) is 0. The van der Waals surface area contributed by atoms with Gasteiger partial charge in [-0.3, -0.25) is 0 Å². The first kappa shape index (κ1) is 9.45. The van der Waals surface area contributed by atoms with Crippen molar-refractivity contribution in [2.24, 2.45) is 0 Å². The van der Waals surface area contributed by atoms with Crippen LogP contribution in [0.5, 0.6) is 0 Å². The molecule has 0 radical (unpaired) electrons. The zero-order valence-electron chi connectivity index (χ0n) is 6.40. The molecule has 1 aromatic rings. The van der Waals surface area contributed by atoms with Crippen LogP contribution in [0.2, 0.25) is 5.02 Å². The van der Waals surface area contributed by atoms with E-state index in [2.05, 4.69) is 4.79 Å². The minimum Gasteiger partial charge on any atom is -0.539 e. The smallest absolute Gasteiger partial charge is 0.345 e. The van der Waals surface area contributed by atoms with E-state index in [1.807, 2.05) is 0 Å². The monoisotopic (exact) mass is 195 g/mol. The lowest BCUT2D eigenvalue weighted by Crippen LogP contribution is -2.32. The summed E-state index contributed by atoms with van der Waals surface area (Å²) >= 11 is 5.57. The van der Waals surface area contributed by atoms with Gasteiger partial charge in [-0.05, 0) is 24.3 Å². The Morgan fingerprint density at radius 3 is 2.31 bits per heavy atom. The van der Waals surface area contributed by atoms with Crippen LogP contribution in [0.15, 0.2) is 24.3 Å². The molecule has 0 atom stereocenters. The summed E-state index contributed by atoms with van der Waals surface area (Å²) < 4.78 is 0. The third-order valence-corrected chi connectivity index (χ3v) is 1.66. The highest BCUT2D eigenvalue weighted by Crippen LogP contribution is 2.09. The van der Waals surface area contributed by atoms with Crippen molar-refractivity contribution in [3.05, 3.63) is 40.4 Å². The van der Waals surface area contributed by atoms with Crippen LogP contribution in [-0.2, 0) is 4.79 Å². The van der Waals surface area contributed by atoms with Crippen molar-refractivity contribution in [2.75, 3.05) is 0 Å². The van der Waals surface area contributed by atoms with Gasteiger partial charge in [0.05, 0.1) is 5.56 Å². The summed E-state index contributed by atoms with van der Waals surface area (Å²) in [7, 11) is 0. The summed E-state index contributed by atoms with van der Waals surface area (Å²) in [5, 5.41) is 10.9. The predicted octanol–water partition coefficient (Wildman–Crippen LogP) is 0.109. The molecule has 0 saturated carbocycles. The molecule has 0 unspecified atom stereocenters. The van der Waals surface area contributed by atoms with Crippen LogP contribution in [0, 0.1) is 0 Å². The van der Waals surface area contributed by atoms with Crippen LogP contribution >= 0.6 is 11.6 Å². The predicted molar refractivity (Wildman–Crippen MR) is 44.2 cm³/mol. The normalized spacial score (nSPS) is 9.00. The molecule has 13 heavy (non-hydrogen) atoms. The molecule has 1 rings (SSSR count). The van der Waals surface area contributed by atoms with Crippen LogP contribution in [0.4, 0.5) is 0 Å². The van der Waals surface area contributed by atoms with E-state index in [1.54, 1.807) is 0 Å². The molecule has 0 aromatic heterocycles. The van der Waals surface area contributed by atoms with Crippen molar-refractivity contribution in [1.29, 1.82) is 0 Å². The van der Waals surface area contributed by atoms with Crippen molar-refractivity contribution in [3.63, 3.8) is 0 Å². The van der Waals surface area contributed by atoms with Gasteiger partial charge in [-0.25, -0.2) is 0 Å². The molecule has 0 aliphatic rings. The molecule has 0 spiro atoms. The maximum atomic E-state index is 10.4. The number of halogens is 1. The highest BCUT2D eigenvalue weighted by atomic mass is 35.5. The SMILES string of the molecule is [N-]=[N+]=C(C(=O)[O-])c1ccc(Cl)cc1. The molecule has 0 amide bonds. The van der Waals surface area contributed by atoms with Crippen molar-refractivity contribution in [2.45, 2.75) is 0 Å². The van der Waals surface area contributed by atoms with Crippen LogP contribution in [0.1, 0.15) is 5.56 Å². The van der Waals surface area contributed by atoms with E-state index in [0.717, 1.165) is 0 Å². The first-order valence-electron chi connectivity index (χ1n) is 3.34. The summed E-state index contributed by atoms with van der Waals surface area (Å²) in [6.45, 7) is 0. The molecule has 0 aliphatic carbocycles. The molecular formula is C8H4ClN2O2-. The lowest BCUT2D eigenvalue weighted by atomic mass is 10.1. The Labute approximate surface area is 79.0 Å². The minimum absolute atomic E-state index is 0.243. The maximum Gasteiger partial charge on any atom is 0.345 e. The molecular weight excluding hydrogens is 192 g/mol. The second-order valence-electron chi connectivity index (χ2n) is 2.24. The molecule has 66 valence electrons. The molecule has 0 fully saturated rings. The van der Waals surface area contributed by atoms with E-state index in [9.17, 15) is 9.90 Å². The Hall–Kier alpha value is -1.64. The first-order chi connectivity index (χ1) is 6.15. The van der Waals surface area contributed by atoms with Gasteiger partial charge in [0.2, 0.25) is 0 Å². The van der Waals surface area contributed by atoms with Gasteiger partial charge >= 0.3 is 5.71 Å². The Morgan fingerprint density at radius 1 is 1.38 bits per heavy atom. The van der Waals surface area contributed by atoms with Gasteiger partial charge in [-0.1, -0.05) is 11.6 Å². The standard InChI is InChI=1S/C8H5ClN2O2/c9-6-3-1-5(2-4-6)7(11-10)8(12)13/h1-4H,(H,12,13)/p-1. The van der Waals surface area contributed by atoms with Gasteiger partial charge in [-0.15, -0.1) is 0 Å². The molecule has 1 aromatic carbocycles. The van der Waals surface area contributed by atoms with Crippen LogP contribution in [0.25, 0.3) is 5.53 Å².